The van der Waals surface area contributed by atoms with E-state index in [-0.39, 0.29) is 11.6 Å². The van der Waals surface area contributed by atoms with Crippen LogP contribution in [-0.2, 0) is 0 Å². The second-order valence-electron chi connectivity index (χ2n) is 5.15. The van der Waals surface area contributed by atoms with Crippen molar-refractivity contribution in [2.75, 3.05) is 0 Å². The zero-order valence-electron chi connectivity index (χ0n) is 12.0. The van der Waals surface area contributed by atoms with Crippen LogP contribution in [0.4, 0.5) is 8.78 Å². The Labute approximate surface area is 136 Å². The van der Waals surface area contributed by atoms with Gasteiger partial charge in [-0.2, -0.15) is 0 Å². The molecule has 0 aliphatic carbocycles. The molecule has 0 bridgehead atoms. The lowest BCUT2D eigenvalue weighted by molar-refractivity contribution is 0.223. The first kappa shape index (κ1) is 15.8. The van der Waals surface area contributed by atoms with Crippen molar-refractivity contribution in [2.24, 2.45) is 0 Å². The standard InChI is InChI=1S/C18H14F2O2S/c19-13-5-1-11(2-6-13)17(21)15-9-10-16(23-15)18(22)12-3-7-14(20)8-4-12/h1-10,17-18,21-22H/t17-,18-/m0/s1. The molecule has 3 rings (SSSR count). The fourth-order valence-electron chi connectivity index (χ4n) is 2.28. The van der Waals surface area contributed by atoms with Crippen molar-refractivity contribution in [1.82, 2.24) is 0 Å². The Balaban J connectivity index is 1.82. The lowest BCUT2D eigenvalue weighted by Gasteiger charge is -2.10. The van der Waals surface area contributed by atoms with Crippen LogP contribution in [0.25, 0.3) is 0 Å². The van der Waals surface area contributed by atoms with Gasteiger partial charge in [0.25, 0.3) is 0 Å². The largest absolute Gasteiger partial charge is 0.383 e. The molecule has 2 nitrogen and oxygen atoms in total. The molecule has 0 amide bonds. The number of hydrogen-bond donors (Lipinski definition) is 2. The minimum atomic E-state index is -0.880. The molecule has 118 valence electrons. The highest BCUT2D eigenvalue weighted by Crippen LogP contribution is 2.33. The van der Waals surface area contributed by atoms with Gasteiger partial charge in [0.2, 0.25) is 0 Å². The number of aliphatic hydroxyl groups excluding tert-OH is 2. The maximum atomic E-state index is 12.9. The maximum Gasteiger partial charge on any atom is 0.123 e. The number of halogens is 2. The quantitative estimate of drug-likeness (QED) is 0.752. The second-order valence-corrected chi connectivity index (χ2v) is 6.30. The van der Waals surface area contributed by atoms with Crippen LogP contribution in [0.2, 0.25) is 0 Å². The van der Waals surface area contributed by atoms with Crippen LogP contribution >= 0.6 is 11.3 Å². The highest BCUT2D eigenvalue weighted by atomic mass is 32.1. The minimum absolute atomic E-state index is 0.362. The summed E-state index contributed by atoms with van der Waals surface area (Å²) in [5.41, 5.74) is 1.16. The van der Waals surface area contributed by atoms with E-state index in [1.54, 1.807) is 12.1 Å². The van der Waals surface area contributed by atoms with Gasteiger partial charge in [0.15, 0.2) is 0 Å². The van der Waals surface area contributed by atoms with Crippen LogP contribution in [0, 0.1) is 11.6 Å². The predicted octanol–water partition coefficient (Wildman–Crippen LogP) is 4.19. The molecule has 1 heterocycles. The molecule has 23 heavy (non-hydrogen) atoms. The van der Waals surface area contributed by atoms with E-state index in [1.165, 1.54) is 59.9 Å². The van der Waals surface area contributed by atoms with Gasteiger partial charge in [0.1, 0.15) is 23.8 Å². The third-order valence-electron chi connectivity index (χ3n) is 3.56. The van der Waals surface area contributed by atoms with E-state index in [9.17, 15) is 19.0 Å². The molecule has 2 aromatic carbocycles. The lowest BCUT2D eigenvalue weighted by atomic mass is 10.1. The average molecular weight is 332 g/mol. The van der Waals surface area contributed by atoms with E-state index in [4.69, 9.17) is 0 Å². The third kappa shape index (κ3) is 3.47. The number of hydrogen-bond acceptors (Lipinski definition) is 3. The molecule has 0 saturated heterocycles. The Kier molecular flexibility index (Phi) is 4.52. The van der Waals surface area contributed by atoms with Crippen molar-refractivity contribution < 1.29 is 19.0 Å². The Morgan fingerprint density at radius 1 is 0.609 bits per heavy atom. The molecule has 0 saturated carbocycles. The molecule has 0 spiro atoms. The number of benzene rings is 2. The van der Waals surface area contributed by atoms with E-state index < -0.39 is 12.2 Å². The molecular weight excluding hydrogens is 318 g/mol. The number of rotatable bonds is 4. The molecule has 0 aliphatic rings. The summed E-state index contributed by atoms with van der Waals surface area (Å²) in [4.78, 5) is 1.29. The van der Waals surface area contributed by atoms with Crippen LogP contribution in [0.1, 0.15) is 33.1 Å². The van der Waals surface area contributed by atoms with Crippen molar-refractivity contribution in [3.63, 3.8) is 0 Å². The highest BCUT2D eigenvalue weighted by Gasteiger charge is 2.17. The summed E-state index contributed by atoms with van der Waals surface area (Å²) >= 11 is 1.26. The van der Waals surface area contributed by atoms with Crippen LogP contribution in [0.5, 0.6) is 0 Å². The summed E-state index contributed by atoms with van der Waals surface area (Å²) < 4.78 is 25.9. The zero-order chi connectivity index (χ0) is 16.4. The van der Waals surface area contributed by atoms with Gasteiger partial charge in [-0.05, 0) is 47.5 Å². The SMILES string of the molecule is O[C@@H](c1ccc(F)cc1)c1ccc([C@@H](O)c2ccc(F)cc2)s1. The van der Waals surface area contributed by atoms with E-state index in [0.29, 0.717) is 20.9 Å². The average Bonchev–Trinajstić information content (AvgIpc) is 3.05. The van der Waals surface area contributed by atoms with E-state index in [0.717, 1.165) is 0 Å². The summed E-state index contributed by atoms with van der Waals surface area (Å²) in [6.07, 6.45) is -1.76. The van der Waals surface area contributed by atoms with Gasteiger partial charge in [0.05, 0.1) is 0 Å². The summed E-state index contributed by atoms with van der Waals surface area (Å²) in [6.45, 7) is 0. The Morgan fingerprint density at radius 2 is 0.957 bits per heavy atom. The van der Waals surface area contributed by atoms with Gasteiger partial charge in [-0.15, -0.1) is 11.3 Å². The van der Waals surface area contributed by atoms with Crippen LogP contribution < -0.4 is 0 Å². The predicted molar refractivity (Wildman–Crippen MR) is 85.2 cm³/mol. The Morgan fingerprint density at radius 3 is 1.30 bits per heavy atom. The van der Waals surface area contributed by atoms with Gasteiger partial charge >= 0.3 is 0 Å². The van der Waals surface area contributed by atoms with Crippen molar-refractivity contribution in [1.29, 1.82) is 0 Å². The molecule has 2 N–H and O–H groups in total. The van der Waals surface area contributed by atoms with Gasteiger partial charge in [-0.25, -0.2) is 8.78 Å². The summed E-state index contributed by atoms with van der Waals surface area (Å²) in [5.74, 6) is -0.723. The van der Waals surface area contributed by atoms with Crippen molar-refractivity contribution in [2.45, 2.75) is 12.2 Å². The van der Waals surface area contributed by atoms with Crippen molar-refractivity contribution in [3.05, 3.63) is 93.2 Å². The monoisotopic (exact) mass is 332 g/mol. The lowest BCUT2D eigenvalue weighted by Crippen LogP contribution is -1.98. The number of aliphatic hydroxyl groups is 2. The first-order valence-corrected chi connectivity index (χ1v) is 7.83. The number of thiophene rings is 1. The molecule has 0 unspecified atom stereocenters. The minimum Gasteiger partial charge on any atom is -0.383 e. The van der Waals surface area contributed by atoms with E-state index >= 15 is 0 Å². The molecule has 0 aliphatic heterocycles. The molecule has 2 atom stereocenters. The Bertz CT molecular complexity index is 716. The molecule has 5 heteroatoms. The fraction of sp³-hybridized carbons (Fsp3) is 0.111. The highest BCUT2D eigenvalue weighted by molar-refractivity contribution is 7.12. The van der Waals surface area contributed by atoms with Gasteiger partial charge in [-0.3, -0.25) is 0 Å². The van der Waals surface area contributed by atoms with Crippen LogP contribution in [-0.4, -0.2) is 10.2 Å². The van der Waals surface area contributed by atoms with Crippen molar-refractivity contribution in [3.8, 4) is 0 Å². The molecule has 0 radical (unpaired) electrons. The van der Waals surface area contributed by atoms with E-state index in [2.05, 4.69) is 0 Å². The first-order chi connectivity index (χ1) is 11.0. The summed E-state index contributed by atoms with van der Waals surface area (Å²) in [7, 11) is 0. The topological polar surface area (TPSA) is 40.5 Å². The van der Waals surface area contributed by atoms with Crippen LogP contribution in [0.15, 0.2) is 60.7 Å². The second kappa shape index (κ2) is 6.58. The summed E-state index contributed by atoms with van der Waals surface area (Å²) in [6, 6.07) is 14.7. The third-order valence-corrected chi connectivity index (χ3v) is 4.75. The zero-order valence-corrected chi connectivity index (χ0v) is 12.8. The van der Waals surface area contributed by atoms with Gasteiger partial charge < -0.3 is 10.2 Å². The fourth-order valence-corrected chi connectivity index (χ4v) is 3.32. The van der Waals surface area contributed by atoms with E-state index in [1.807, 2.05) is 0 Å². The summed E-state index contributed by atoms with van der Waals surface area (Å²) in [5, 5.41) is 20.7. The normalized spacial score (nSPS) is 13.7. The smallest absolute Gasteiger partial charge is 0.123 e. The van der Waals surface area contributed by atoms with Gasteiger partial charge in [-0.1, -0.05) is 24.3 Å². The van der Waals surface area contributed by atoms with Crippen molar-refractivity contribution >= 4 is 11.3 Å². The molecule has 1 aromatic heterocycles. The molecule has 3 aromatic rings. The first-order valence-electron chi connectivity index (χ1n) is 7.01. The van der Waals surface area contributed by atoms with Gasteiger partial charge in [0, 0.05) is 9.75 Å². The van der Waals surface area contributed by atoms with Crippen LogP contribution in [0.3, 0.4) is 0 Å². The maximum absolute atomic E-state index is 12.9. The Hall–Kier alpha value is -2.08. The molecular formula is C18H14F2O2S. The molecule has 0 fully saturated rings.